The molecule has 0 saturated heterocycles. The zero-order valence-electron chi connectivity index (χ0n) is 17.9. The van der Waals surface area contributed by atoms with Crippen molar-refractivity contribution in [2.75, 3.05) is 17.3 Å². The van der Waals surface area contributed by atoms with Gasteiger partial charge in [-0.1, -0.05) is 36.4 Å². The van der Waals surface area contributed by atoms with Crippen LogP contribution in [0.1, 0.15) is 29.4 Å². The number of anilines is 3. The van der Waals surface area contributed by atoms with Gasteiger partial charge in [0.15, 0.2) is 0 Å². The number of aryl methyl sites for hydroxylation is 1. The molecule has 0 fully saturated rings. The molecule has 0 aliphatic carbocycles. The van der Waals surface area contributed by atoms with Crippen molar-refractivity contribution in [3.05, 3.63) is 65.0 Å². The summed E-state index contributed by atoms with van der Waals surface area (Å²) in [6, 6.07) is 13.5. The molecular formula is C22H26BN5O3. The highest BCUT2D eigenvalue weighted by atomic mass is 16.5. The topological polar surface area (TPSA) is 104 Å². The van der Waals surface area contributed by atoms with E-state index in [0.29, 0.717) is 36.3 Å². The van der Waals surface area contributed by atoms with Gasteiger partial charge in [-0.2, -0.15) is 15.0 Å². The van der Waals surface area contributed by atoms with Crippen molar-refractivity contribution in [1.29, 1.82) is 0 Å². The number of aromatic nitrogens is 3. The number of hydrogen-bond acceptors (Lipinski definition) is 8. The van der Waals surface area contributed by atoms with Gasteiger partial charge in [-0.25, -0.2) is 0 Å². The molecule has 3 N–H and O–H groups in total. The van der Waals surface area contributed by atoms with Crippen LogP contribution in [-0.4, -0.2) is 45.3 Å². The molecule has 3 aromatic rings. The van der Waals surface area contributed by atoms with Crippen LogP contribution in [0.2, 0.25) is 0 Å². The SMILES string of the molecule is COCc1cccc2c1CC(C)N2c1nc(C)nc(NCc2cccc(B(O)O)c2)n1. The molecule has 1 aliphatic heterocycles. The summed E-state index contributed by atoms with van der Waals surface area (Å²) in [5, 5.41) is 22.0. The van der Waals surface area contributed by atoms with Gasteiger partial charge >= 0.3 is 7.12 Å². The molecule has 4 rings (SSSR count). The number of nitrogens with one attached hydrogen (secondary N) is 1. The average molecular weight is 419 g/mol. The van der Waals surface area contributed by atoms with Crippen LogP contribution < -0.4 is 15.7 Å². The Balaban J connectivity index is 1.59. The van der Waals surface area contributed by atoms with Crippen LogP contribution in [0.3, 0.4) is 0 Å². The lowest BCUT2D eigenvalue weighted by Crippen LogP contribution is -2.30. The minimum Gasteiger partial charge on any atom is -0.423 e. The van der Waals surface area contributed by atoms with Crippen LogP contribution in [-0.2, 0) is 24.3 Å². The number of benzene rings is 2. The van der Waals surface area contributed by atoms with Crippen LogP contribution in [0, 0.1) is 6.92 Å². The van der Waals surface area contributed by atoms with Crippen molar-refractivity contribution >= 4 is 30.2 Å². The second-order valence-electron chi connectivity index (χ2n) is 7.75. The molecular weight excluding hydrogens is 393 g/mol. The largest absolute Gasteiger partial charge is 0.488 e. The Morgan fingerprint density at radius 1 is 1.16 bits per heavy atom. The van der Waals surface area contributed by atoms with Crippen molar-refractivity contribution in [3.8, 4) is 0 Å². The molecule has 160 valence electrons. The van der Waals surface area contributed by atoms with Crippen molar-refractivity contribution < 1.29 is 14.8 Å². The zero-order valence-corrected chi connectivity index (χ0v) is 17.9. The predicted molar refractivity (Wildman–Crippen MR) is 121 cm³/mol. The summed E-state index contributed by atoms with van der Waals surface area (Å²) >= 11 is 0. The molecule has 0 amide bonds. The second-order valence-corrected chi connectivity index (χ2v) is 7.75. The van der Waals surface area contributed by atoms with Gasteiger partial charge in [0.1, 0.15) is 5.82 Å². The van der Waals surface area contributed by atoms with Crippen molar-refractivity contribution in [2.24, 2.45) is 0 Å². The number of nitrogens with zero attached hydrogens (tertiary/aromatic N) is 4. The summed E-state index contributed by atoms with van der Waals surface area (Å²) in [4.78, 5) is 15.9. The van der Waals surface area contributed by atoms with Crippen molar-refractivity contribution in [2.45, 2.75) is 39.5 Å². The third kappa shape index (κ3) is 4.53. The van der Waals surface area contributed by atoms with E-state index in [9.17, 15) is 10.0 Å². The lowest BCUT2D eigenvalue weighted by atomic mass is 9.80. The standard InChI is InChI=1S/C22H26BN5O3/c1-14-10-19-17(13-31-3)7-5-9-20(19)28(14)22-26-15(2)25-21(27-22)24-12-16-6-4-8-18(11-16)23(29)30/h4-9,11,14,29-30H,10,12-13H2,1-3H3,(H,24,25,26,27). The molecule has 0 bridgehead atoms. The fourth-order valence-electron chi connectivity index (χ4n) is 4.00. The molecule has 0 radical (unpaired) electrons. The van der Waals surface area contributed by atoms with E-state index in [1.165, 1.54) is 11.1 Å². The maximum atomic E-state index is 9.37. The maximum absolute atomic E-state index is 9.37. The normalized spacial score (nSPS) is 15.1. The maximum Gasteiger partial charge on any atom is 0.488 e. The van der Waals surface area contributed by atoms with E-state index in [4.69, 9.17) is 4.74 Å². The molecule has 0 spiro atoms. The molecule has 1 aliphatic rings. The Morgan fingerprint density at radius 2 is 1.97 bits per heavy atom. The lowest BCUT2D eigenvalue weighted by molar-refractivity contribution is 0.184. The number of fused-ring (bicyclic) bond motifs is 1. The molecule has 0 saturated carbocycles. The van der Waals surface area contributed by atoms with E-state index < -0.39 is 7.12 Å². The van der Waals surface area contributed by atoms with E-state index in [-0.39, 0.29) is 6.04 Å². The highest BCUT2D eigenvalue weighted by molar-refractivity contribution is 6.58. The van der Waals surface area contributed by atoms with Gasteiger partial charge in [0.25, 0.3) is 0 Å². The fourth-order valence-corrected chi connectivity index (χ4v) is 4.00. The Bertz CT molecular complexity index is 1080. The smallest absolute Gasteiger partial charge is 0.423 e. The third-order valence-electron chi connectivity index (χ3n) is 5.40. The number of rotatable bonds is 7. The summed E-state index contributed by atoms with van der Waals surface area (Å²) in [6.45, 7) is 5.04. The molecule has 9 heteroatoms. The summed E-state index contributed by atoms with van der Waals surface area (Å²) in [6.07, 6.45) is 0.901. The van der Waals surface area contributed by atoms with Gasteiger partial charge in [-0.05, 0) is 48.5 Å². The number of hydrogen-bond donors (Lipinski definition) is 3. The van der Waals surface area contributed by atoms with Crippen LogP contribution in [0.4, 0.5) is 17.6 Å². The number of ether oxygens (including phenoxy) is 1. The fraction of sp³-hybridized carbons (Fsp3) is 0.318. The Labute approximate surface area is 182 Å². The van der Waals surface area contributed by atoms with E-state index in [2.05, 4.69) is 44.2 Å². The minimum absolute atomic E-state index is 0.213. The average Bonchev–Trinajstić information content (AvgIpc) is 3.09. The van der Waals surface area contributed by atoms with Crippen LogP contribution in [0.5, 0.6) is 0 Å². The van der Waals surface area contributed by atoms with Gasteiger partial charge in [-0.3, -0.25) is 0 Å². The van der Waals surface area contributed by atoms with Crippen LogP contribution in [0.25, 0.3) is 0 Å². The number of methoxy groups -OCH3 is 1. The molecule has 1 unspecified atom stereocenters. The van der Waals surface area contributed by atoms with E-state index in [0.717, 1.165) is 17.7 Å². The Hall–Kier alpha value is -3.01. The second kappa shape index (κ2) is 9.01. The zero-order chi connectivity index (χ0) is 22.0. The summed E-state index contributed by atoms with van der Waals surface area (Å²) in [5.74, 6) is 1.71. The third-order valence-corrected chi connectivity index (χ3v) is 5.40. The van der Waals surface area contributed by atoms with Gasteiger partial charge in [0.2, 0.25) is 11.9 Å². The first-order valence-electron chi connectivity index (χ1n) is 10.3. The molecule has 31 heavy (non-hydrogen) atoms. The highest BCUT2D eigenvalue weighted by Crippen LogP contribution is 2.38. The van der Waals surface area contributed by atoms with Crippen molar-refractivity contribution in [1.82, 2.24) is 15.0 Å². The monoisotopic (exact) mass is 419 g/mol. The van der Waals surface area contributed by atoms with Gasteiger partial charge in [-0.15, -0.1) is 0 Å². The summed E-state index contributed by atoms with van der Waals surface area (Å²) < 4.78 is 5.36. The quantitative estimate of drug-likeness (QED) is 0.498. The Morgan fingerprint density at radius 3 is 2.74 bits per heavy atom. The first-order valence-corrected chi connectivity index (χ1v) is 10.3. The lowest BCUT2D eigenvalue weighted by Gasteiger charge is -2.23. The summed E-state index contributed by atoms with van der Waals surface area (Å²) in [5.41, 5.74) is 4.90. The molecule has 1 aromatic heterocycles. The first-order chi connectivity index (χ1) is 15.0. The predicted octanol–water partition coefficient (Wildman–Crippen LogP) is 1.70. The van der Waals surface area contributed by atoms with Gasteiger partial charge in [0, 0.05) is 25.4 Å². The van der Waals surface area contributed by atoms with Crippen LogP contribution in [0.15, 0.2) is 42.5 Å². The molecule has 2 heterocycles. The minimum atomic E-state index is -1.49. The first kappa shape index (κ1) is 21.2. The van der Waals surface area contributed by atoms with E-state index in [1.807, 2.05) is 19.1 Å². The van der Waals surface area contributed by atoms with Gasteiger partial charge < -0.3 is 25.0 Å². The van der Waals surface area contributed by atoms with E-state index in [1.54, 1.807) is 25.3 Å². The highest BCUT2D eigenvalue weighted by Gasteiger charge is 2.31. The Kier molecular flexibility index (Phi) is 6.17. The summed E-state index contributed by atoms with van der Waals surface area (Å²) in [7, 11) is 0.213. The molecule has 2 aromatic carbocycles. The van der Waals surface area contributed by atoms with Crippen molar-refractivity contribution in [3.63, 3.8) is 0 Å². The molecule has 8 nitrogen and oxygen atoms in total. The van der Waals surface area contributed by atoms with Gasteiger partial charge in [0.05, 0.1) is 6.61 Å². The van der Waals surface area contributed by atoms with Crippen LogP contribution >= 0.6 is 0 Å². The molecule has 1 atom stereocenters. The van der Waals surface area contributed by atoms with E-state index >= 15 is 0 Å².